The van der Waals surface area contributed by atoms with Crippen LogP contribution in [0.3, 0.4) is 0 Å². The lowest BCUT2D eigenvalue weighted by Gasteiger charge is -2.24. The van der Waals surface area contributed by atoms with E-state index in [1.54, 1.807) is 23.6 Å². The van der Waals surface area contributed by atoms with Crippen LogP contribution < -0.4 is 13.8 Å². The second kappa shape index (κ2) is 7.54. The highest BCUT2D eigenvalue weighted by Crippen LogP contribution is 2.36. The molecule has 0 aliphatic carbocycles. The Hall–Kier alpha value is -2.26. The van der Waals surface area contributed by atoms with Crippen LogP contribution in [0, 0.1) is 0 Å². The molecule has 9 heteroatoms. The Morgan fingerprint density at radius 1 is 1.17 bits per heavy atom. The van der Waals surface area contributed by atoms with E-state index in [0.717, 1.165) is 15.6 Å². The summed E-state index contributed by atoms with van der Waals surface area (Å²) >= 11 is 1.06. The van der Waals surface area contributed by atoms with E-state index in [1.807, 2.05) is 0 Å². The van der Waals surface area contributed by atoms with Crippen LogP contribution in [0.2, 0.25) is 0 Å². The molecule has 0 saturated carbocycles. The maximum Gasteiger partial charge on any atom is 0.326 e. The third-order valence-corrected chi connectivity index (χ3v) is 6.33. The maximum absolute atomic E-state index is 12.9. The molecule has 0 fully saturated rings. The van der Waals surface area contributed by atoms with Crippen molar-refractivity contribution in [2.24, 2.45) is 0 Å². The van der Waals surface area contributed by atoms with Crippen molar-refractivity contribution in [1.29, 1.82) is 0 Å². The minimum atomic E-state index is -3.96. The SMILES string of the molecule is COC(=O)CN(c1cc(OC)ccc1OC)S(=O)(=O)c1cccs1. The van der Waals surface area contributed by atoms with Gasteiger partial charge in [-0.1, -0.05) is 6.07 Å². The molecule has 7 nitrogen and oxygen atoms in total. The minimum absolute atomic E-state index is 0.108. The molecule has 0 unspecified atom stereocenters. The number of esters is 1. The first-order chi connectivity index (χ1) is 11.4. The standard InChI is InChI=1S/C15H17NO6S2/c1-20-11-6-7-13(21-2)12(9-11)16(10-14(17)22-3)24(18,19)15-5-4-8-23-15/h4-9H,10H2,1-3H3. The van der Waals surface area contributed by atoms with Gasteiger partial charge in [0.05, 0.1) is 27.0 Å². The zero-order valence-corrected chi connectivity index (χ0v) is 15.0. The summed E-state index contributed by atoms with van der Waals surface area (Å²) in [6, 6.07) is 7.79. The maximum atomic E-state index is 12.9. The normalized spacial score (nSPS) is 11.0. The van der Waals surface area contributed by atoms with Gasteiger partial charge in [0.2, 0.25) is 0 Å². The Balaban J connectivity index is 2.61. The van der Waals surface area contributed by atoms with E-state index in [0.29, 0.717) is 11.5 Å². The van der Waals surface area contributed by atoms with Crippen LogP contribution in [0.1, 0.15) is 0 Å². The molecule has 1 aromatic heterocycles. The Labute approximate surface area is 144 Å². The van der Waals surface area contributed by atoms with Gasteiger partial charge in [-0.3, -0.25) is 9.10 Å². The molecule has 0 aliphatic heterocycles. The van der Waals surface area contributed by atoms with E-state index in [4.69, 9.17) is 9.47 Å². The summed E-state index contributed by atoms with van der Waals surface area (Å²) in [6.07, 6.45) is 0. The fraction of sp³-hybridized carbons (Fsp3) is 0.267. The summed E-state index contributed by atoms with van der Waals surface area (Å²) < 4.78 is 42.0. The Kier molecular flexibility index (Phi) is 5.68. The van der Waals surface area contributed by atoms with Crippen LogP contribution in [0.5, 0.6) is 11.5 Å². The number of hydrogen-bond acceptors (Lipinski definition) is 7. The van der Waals surface area contributed by atoms with Crippen LogP contribution in [0.4, 0.5) is 5.69 Å². The summed E-state index contributed by atoms with van der Waals surface area (Å²) in [6.45, 7) is -0.486. The van der Waals surface area contributed by atoms with E-state index in [2.05, 4.69) is 4.74 Å². The lowest BCUT2D eigenvalue weighted by atomic mass is 10.2. The van der Waals surface area contributed by atoms with Crippen molar-refractivity contribution in [2.45, 2.75) is 4.21 Å². The Morgan fingerprint density at radius 2 is 1.92 bits per heavy atom. The predicted octanol–water partition coefficient (Wildman–Crippen LogP) is 2.13. The lowest BCUT2D eigenvalue weighted by molar-refractivity contribution is -0.138. The van der Waals surface area contributed by atoms with Crippen molar-refractivity contribution in [2.75, 3.05) is 32.2 Å². The Bertz CT molecular complexity index is 801. The van der Waals surface area contributed by atoms with Gasteiger partial charge in [0.15, 0.2) is 0 Å². The molecule has 0 atom stereocenters. The van der Waals surface area contributed by atoms with Crippen LogP contribution >= 0.6 is 11.3 Å². The van der Waals surface area contributed by atoms with Crippen LogP contribution in [-0.2, 0) is 19.6 Å². The van der Waals surface area contributed by atoms with Crippen molar-refractivity contribution in [3.05, 3.63) is 35.7 Å². The average molecular weight is 371 g/mol. The monoisotopic (exact) mass is 371 g/mol. The number of thiophene rings is 1. The summed E-state index contributed by atoms with van der Waals surface area (Å²) in [7, 11) is 0.116. The van der Waals surface area contributed by atoms with Gasteiger partial charge in [0.1, 0.15) is 22.3 Å². The van der Waals surface area contributed by atoms with Crippen molar-refractivity contribution in [1.82, 2.24) is 0 Å². The Morgan fingerprint density at radius 3 is 2.46 bits per heavy atom. The van der Waals surface area contributed by atoms with Crippen LogP contribution in [0.15, 0.2) is 39.9 Å². The van der Waals surface area contributed by atoms with Gasteiger partial charge in [-0.05, 0) is 23.6 Å². The zero-order chi connectivity index (χ0) is 17.7. The van der Waals surface area contributed by atoms with Gasteiger partial charge in [-0.15, -0.1) is 11.3 Å². The molecule has 0 bridgehead atoms. The molecule has 0 spiro atoms. The molecule has 1 heterocycles. The third-order valence-electron chi connectivity index (χ3n) is 3.19. The minimum Gasteiger partial charge on any atom is -0.497 e. The van der Waals surface area contributed by atoms with Crippen LogP contribution in [-0.4, -0.2) is 42.3 Å². The molecule has 2 rings (SSSR count). The van der Waals surface area contributed by atoms with Gasteiger partial charge in [-0.2, -0.15) is 0 Å². The van der Waals surface area contributed by atoms with Gasteiger partial charge < -0.3 is 14.2 Å². The second-order valence-electron chi connectivity index (χ2n) is 4.56. The molecular formula is C15H17NO6S2. The summed E-state index contributed by atoms with van der Waals surface area (Å²) in [5.74, 6) is 0.0295. The number of benzene rings is 1. The molecule has 0 aliphatic rings. The van der Waals surface area contributed by atoms with E-state index < -0.39 is 22.5 Å². The molecule has 0 radical (unpaired) electrons. The molecule has 2 aromatic rings. The molecule has 130 valence electrons. The summed E-state index contributed by atoms with van der Waals surface area (Å²) in [5, 5.41) is 1.64. The fourth-order valence-electron chi connectivity index (χ4n) is 1.99. The van der Waals surface area contributed by atoms with Crippen LogP contribution in [0.25, 0.3) is 0 Å². The molecule has 0 amide bonds. The van der Waals surface area contributed by atoms with E-state index in [1.165, 1.54) is 33.5 Å². The topological polar surface area (TPSA) is 82.1 Å². The number of methoxy groups -OCH3 is 3. The van der Waals surface area contributed by atoms with E-state index >= 15 is 0 Å². The highest BCUT2D eigenvalue weighted by molar-refractivity contribution is 7.94. The summed E-state index contributed by atoms with van der Waals surface area (Å²) in [5.41, 5.74) is 0.190. The van der Waals surface area contributed by atoms with Crippen molar-refractivity contribution in [3.63, 3.8) is 0 Å². The molecule has 0 saturated heterocycles. The number of anilines is 1. The molecule has 0 N–H and O–H groups in total. The number of carbonyl (C=O) groups excluding carboxylic acids is 1. The van der Waals surface area contributed by atoms with Gasteiger partial charge in [0, 0.05) is 6.07 Å². The zero-order valence-electron chi connectivity index (χ0n) is 13.4. The predicted molar refractivity (Wildman–Crippen MR) is 90.4 cm³/mol. The van der Waals surface area contributed by atoms with Crippen molar-refractivity contribution in [3.8, 4) is 11.5 Å². The smallest absolute Gasteiger partial charge is 0.326 e. The number of nitrogens with zero attached hydrogens (tertiary/aromatic N) is 1. The molecular weight excluding hydrogens is 354 g/mol. The van der Waals surface area contributed by atoms with Gasteiger partial charge in [-0.25, -0.2) is 8.42 Å². The highest BCUT2D eigenvalue weighted by atomic mass is 32.2. The van der Waals surface area contributed by atoms with Gasteiger partial charge >= 0.3 is 5.97 Å². The number of ether oxygens (including phenoxy) is 3. The number of carbonyl (C=O) groups is 1. The van der Waals surface area contributed by atoms with E-state index in [-0.39, 0.29) is 9.90 Å². The largest absolute Gasteiger partial charge is 0.497 e. The first-order valence-electron chi connectivity index (χ1n) is 6.79. The quantitative estimate of drug-likeness (QED) is 0.694. The summed E-state index contributed by atoms with van der Waals surface area (Å²) in [4.78, 5) is 11.8. The number of hydrogen-bond donors (Lipinski definition) is 0. The fourth-order valence-corrected chi connectivity index (χ4v) is 4.51. The first-order valence-corrected chi connectivity index (χ1v) is 9.11. The second-order valence-corrected chi connectivity index (χ2v) is 7.59. The third kappa shape index (κ3) is 3.62. The molecule has 24 heavy (non-hydrogen) atoms. The van der Waals surface area contributed by atoms with Crippen molar-refractivity contribution < 1.29 is 27.4 Å². The lowest BCUT2D eigenvalue weighted by Crippen LogP contribution is -2.36. The van der Waals surface area contributed by atoms with Crippen molar-refractivity contribution >= 4 is 33.0 Å². The average Bonchev–Trinajstić information content (AvgIpc) is 3.14. The number of sulfonamides is 1. The van der Waals surface area contributed by atoms with Gasteiger partial charge in [0.25, 0.3) is 10.0 Å². The first kappa shape index (κ1) is 18.1. The molecule has 1 aromatic carbocycles. The number of rotatable bonds is 7. The van der Waals surface area contributed by atoms with E-state index in [9.17, 15) is 13.2 Å². The highest BCUT2D eigenvalue weighted by Gasteiger charge is 2.30.